The van der Waals surface area contributed by atoms with E-state index < -0.39 is 10.8 Å². The van der Waals surface area contributed by atoms with Crippen LogP contribution in [-0.4, -0.2) is 15.7 Å². The Morgan fingerprint density at radius 1 is 1.16 bits per heavy atom. The van der Waals surface area contributed by atoms with Gasteiger partial charge in [0.1, 0.15) is 5.78 Å². The van der Waals surface area contributed by atoms with Crippen molar-refractivity contribution >= 4 is 16.6 Å². The van der Waals surface area contributed by atoms with E-state index in [2.05, 4.69) is 18.2 Å². The summed E-state index contributed by atoms with van der Waals surface area (Å²) in [5.74, 6) is 1.13. The van der Waals surface area contributed by atoms with Crippen molar-refractivity contribution in [1.29, 1.82) is 0 Å². The standard InChI is InChI=1S/C16H22O2S/c1-12-7-13(2)9-14(8-12)10-19(18)11-16(17)15-5-3-4-6-15/h7-9,15H,3-6,10-11H2,1-2H3. The summed E-state index contributed by atoms with van der Waals surface area (Å²) in [5.41, 5.74) is 3.46. The first-order chi connectivity index (χ1) is 9.04. The van der Waals surface area contributed by atoms with Crippen molar-refractivity contribution in [3.8, 4) is 0 Å². The van der Waals surface area contributed by atoms with Crippen LogP contribution in [0.25, 0.3) is 0 Å². The van der Waals surface area contributed by atoms with Crippen LogP contribution in [0, 0.1) is 19.8 Å². The minimum atomic E-state index is -1.06. The van der Waals surface area contributed by atoms with Gasteiger partial charge in [0.15, 0.2) is 0 Å². The monoisotopic (exact) mass is 278 g/mol. The molecule has 2 rings (SSSR count). The molecule has 2 nitrogen and oxygen atoms in total. The van der Waals surface area contributed by atoms with Gasteiger partial charge in [0.05, 0.1) is 5.75 Å². The second-order valence-electron chi connectivity index (χ2n) is 5.67. The Hall–Kier alpha value is -0.960. The van der Waals surface area contributed by atoms with Crippen molar-refractivity contribution in [3.05, 3.63) is 34.9 Å². The minimum absolute atomic E-state index is 0.184. The number of benzene rings is 1. The van der Waals surface area contributed by atoms with Gasteiger partial charge < -0.3 is 0 Å². The number of carbonyl (C=O) groups is 1. The molecule has 3 heteroatoms. The zero-order valence-electron chi connectivity index (χ0n) is 11.8. The van der Waals surface area contributed by atoms with Crippen LogP contribution in [0.5, 0.6) is 0 Å². The predicted octanol–water partition coefficient (Wildman–Crippen LogP) is 3.31. The first-order valence-electron chi connectivity index (χ1n) is 6.99. The SMILES string of the molecule is Cc1cc(C)cc(CS(=O)CC(=O)C2CCCC2)c1. The first-order valence-corrected chi connectivity index (χ1v) is 8.48. The number of carbonyl (C=O) groups excluding carboxylic acids is 1. The second kappa shape index (κ2) is 6.47. The summed E-state index contributed by atoms with van der Waals surface area (Å²) in [6.07, 6.45) is 4.30. The van der Waals surface area contributed by atoms with Gasteiger partial charge in [-0.05, 0) is 32.3 Å². The minimum Gasteiger partial charge on any atom is -0.298 e. The number of hydrogen-bond acceptors (Lipinski definition) is 2. The van der Waals surface area contributed by atoms with E-state index >= 15 is 0 Å². The molecule has 1 aliphatic carbocycles. The molecule has 0 spiro atoms. The summed E-state index contributed by atoms with van der Waals surface area (Å²) >= 11 is 0. The van der Waals surface area contributed by atoms with Gasteiger partial charge in [-0.2, -0.15) is 0 Å². The lowest BCUT2D eigenvalue weighted by molar-refractivity contribution is -0.120. The molecule has 1 aliphatic rings. The van der Waals surface area contributed by atoms with Gasteiger partial charge in [-0.3, -0.25) is 9.00 Å². The van der Waals surface area contributed by atoms with Gasteiger partial charge in [0.25, 0.3) is 0 Å². The maximum atomic E-state index is 12.1. The molecule has 104 valence electrons. The highest BCUT2D eigenvalue weighted by atomic mass is 32.2. The summed E-state index contributed by atoms with van der Waals surface area (Å²) in [4.78, 5) is 12.0. The van der Waals surface area contributed by atoms with E-state index in [1.165, 1.54) is 11.1 Å². The van der Waals surface area contributed by atoms with Crippen molar-refractivity contribution in [2.75, 3.05) is 5.75 Å². The lowest BCUT2D eigenvalue weighted by Gasteiger charge is -2.08. The molecule has 1 unspecified atom stereocenters. The molecule has 1 aromatic rings. The molecule has 19 heavy (non-hydrogen) atoms. The zero-order chi connectivity index (χ0) is 13.8. The lowest BCUT2D eigenvalue weighted by atomic mass is 10.0. The Labute approximate surface area is 118 Å². The van der Waals surface area contributed by atoms with Crippen LogP contribution in [-0.2, 0) is 21.3 Å². The molecule has 0 bridgehead atoms. The maximum absolute atomic E-state index is 12.1. The Kier molecular flexibility index (Phi) is 4.92. The number of Topliss-reactive ketones (excluding diaryl/α,β-unsaturated/α-hetero) is 1. The maximum Gasteiger partial charge on any atom is 0.148 e. The third-order valence-corrected chi connectivity index (χ3v) is 4.98. The van der Waals surface area contributed by atoms with E-state index in [1.54, 1.807) is 0 Å². The molecule has 1 atom stereocenters. The topological polar surface area (TPSA) is 34.1 Å². The van der Waals surface area contributed by atoms with E-state index in [9.17, 15) is 9.00 Å². The number of hydrogen-bond donors (Lipinski definition) is 0. The van der Waals surface area contributed by atoms with Crippen molar-refractivity contribution in [2.24, 2.45) is 5.92 Å². The van der Waals surface area contributed by atoms with Crippen molar-refractivity contribution in [1.82, 2.24) is 0 Å². The number of aryl methyl sites for hydroxylation is 2. The largest absolute Gasteiger partial charge is 0.298 e. The highest BCUT2D eigenvalue weighted by molar-refractivity contribution is 7.84. The Morgan fingerprint density at radius 3 is 2.32 bits per heavy atom. The summed E-state index contributed by atoms with van der Waals surface area (Å²) in [6, 6.07) is 6.23. The van der Waals surface area contributed by atoms with E-state index in [0.717, 1.165) is 31.2 Å². The van der Waals surface area contributed by atoms with Crippen LogP contribution in [0.15, 0.2) is 18.2 Å². The summed E-state index contributed by atoms with van der Waals surface area (Å²) in [7, 11) is -1.06. The van der Waals surface area contributed by atoms with Gasteiger partial charge in [0.2, 0.25) is 0 Å². The zero-order valence-corrected chi connectivity index (χ0v) is 12.6. The molecule has 1 saturated carbocycles. The summed E-state index contributed by atoms with van der Waals surface area (Å²) in [5, 5.41) is 0. The van der Waals surface area contributed by atoms with Crippen molar-refractivity contribution < 1.29 is 9.00 Å². The molecular formula is C16H22O2S. The van der Waals surface area contributed by atoms with Gasteiger partial charge >= 0.3 is 0 Å². The molecule has 0 amide bonds. The van der Waals surface area contributed by atoms with E-state index in [4.69, 9.17) is 0 Å². The molecule has 0 heterocycles. The second-order valence-corrected chi connectivity index (χ2v) is 7.13. The van der Waals surface area contributed by atoms with E-state index in [-0.39, 0.29) is 17.5 Å². The molecule has 0 radical (unpaired) electrons. The smallest absolute Gasteiger partial charge is 0.148 e. The Balaban J connectivity index is 1.91. The number of ketones is 1. The fourth-order valence-electron chi connectivity index (χ4n) is 2.91. The lowest BCUT2D eigenvalue weighted by Crippen LogP contribution is -2.19. The van der Waals surface area contributed by atoms with Crippen molar-refractivity contribution in [3.63, 3.8) is 0 Å². The normalized spacial score (nSPS) is 17.6. The highest BCUT2D eigenvalue weighted by Gasteiger charge is 2.23. The molecule has 0 saturated heterocycles. The third-order valence-electron chi connectivity index (χ3n) is 3.72. The quantitative estimate of drug-likeness (QED) is 0.828. The average Bonchev–Trinajstić information content (AvgIpc) is 2.80. The molecule has 0 aromatic heterocycles. The Bertz CT molecular complexity index is 467. The van der Waals surface area contributed by atoms with Crippen LogP contribution in [0.2, 0.25) is 0 Å². The molecule has 0 aliphatic heterocycles. The first kappa shape index (κ1) is 14.4. The van der Waals surface area contributed by atoms with Crippen molar-refractivity contribution in [2.45, 2.75) is 45.3 Å². The van der Waals surface area contributed by atoms with Gasteiger partial charge in [0, 0.05) is 22.5 Å². The highest BCUT2D eigenvalue weighted by Crippen LogP contribution is 2.25. The van der Waals surface area contributed by atoms with Crippen LogP contribution in [0.3, 0.4) is 0 Å². The van der Waals surface area contributed by atoms with Gasteiger partial charge in [-0.15, -0.1) is 0 Å². The number of rotatable bonds is 5. The molecule has 0 N–H and O–H groups in total. The van der Waals surface area contributed by atoms with Gasteiger partial charge in [-0.25, -0.2) is 0 Å². The van der Waals surface area contributed by atoms with Crippen LogP contribution in [0.1, 0.15) is 42.4 Å². The average molecular weight is 278 g/mol. The summed E-state index contributed by atoms with van der Waals surface area (Å²) in [6.45, 7) is 4.09. The molecule has 1 aromatic carbocycles. The molecular weight excluding hydrogens is 256 g/mol. The van der Waals surface area contributed by atoms with E-state index in [0.29, 0.717) is 5.75 Å². The van der Waals surface area contributed by atoms with E-state index in [1.807, 2.05) is 13.8 Å². The Morgan fingerprint density at radius 2 is 1.74 bits per heavy atom. The van der Waals surface area contributed by atoms with Gasteiger partial charge in [-0.1, -0.05) is 42.2 Å². The predicted molar refractivity (Wildman–Crippen MR) is 79.6 cm³/mol. The van der Waals surface area contributed by atoms with Crippen LogP contribution >= 0.6 is 0 Å². The van der Waals surface area contributed by atoms with Crippen LogP contribution < -0.4 is 0 Å². The van der Waals surface area contributed by atoms with Crippen LogP contribution in [0.4, 0.5) is 0 Å². The fraction of sp³-hybridized carbons (Fsp3) is 0.562. The fourth-order valence-corrected chi connectivity index (χ4v) is 4.11. The molecule has 1 fully saturated rings. The summed E-state index contributed by atoms with van der Waals surface area (Å²) < 4.78 is 12.1. The third kappa shape index (κ3) is 4.27.